The van der Waals surface area contributed by atoms with Crippen LogP contribution in [0.15, 0.2) is 54.6 Å². The standard InChI is InChI=1S/C22H24N4O2/c1-15-6-4-5-7-18(15)14-23-21-12-20(25-16(2)26-21)22(27)24-13-17-8-10-19(28-3)11-9-17/h4-12H,13-14H2,1-3H3,(H,24,27)(H,23,25,26). The first-order valence-electron chi connectivity index (χ1n) is 9.10. The van der Waals surface area contributed by atoms with Crippen LogP contribution >= 0.6 is 0 Å². The van der Waals surface area contributed by atoms with E-state index in [9.17, 15) is 4.79 Å². The third-order valence-electron chi connectivity index (χ3n) is 4.40. The van der Waals surface area contributed by atoms with Crippen molar-refractivity contribution in [2.75, 3.05) is 12.4 Å². The first-order chi connectivity index (χ1) is 13.5. The second kappa shape index (κ2) is 8.99. The maximum Gasteiger partial charge on any atom is 0.270 e. The van der Waals surface area contributed by atoms with Crippen molar-refractivity contribution in [3.05, 3.63) is 82.8 Å². The van der Waals surface area contributed by atoms with Crippen LogP contribution in [0.3, 0.4) is 0 Å². The van der Waals surface area contributed by atoms with Gasteiger partial charge in [-0.1, -0.05) is 36.4 Å². The summed E-state index contributed by atoms with van der Waals surface area (Å²) in [5, 5.41) is 6.17. The normalized spacial score (nSPS) is 10.4. The maximum atomic E-state index is 12.5. The van der Waals surface area contributed by atoms with Crippen molar-refractivity contribution in [1.29, 1.82) is 0 Å². The first kappa shape index (κ1) is 19.4. The van der Waals surface area contributed by atoms with Crippen molar-refractivity contribution in [2.45, 2.75) is 26.9 Å². The molecule has 0 radical (unpaired) electrons. The lowest BCUT2D eigenvalue weighted by molar-refractivity contribution is 0.0945. The Balaban J connectivity index is 1.64. The number of rotatable bonds is 7. The lowest BCUT2D eigenvalue weighted by Gasteiger charge is -2.11. The molecule has 28 heavy (non-hydrogen) atoms. The Bertz CT molecular complexity index is 955. The molecule has 2 N–H and O–H groups in total. The van der Waals surface area contributed by atoms with Crippen LogP contribution in [0.2, 0.25) is 0 Å². The summed E-state index contributed by atoms with van der Waals surface area (Å²) in [7, 11) is 1.62. The van der Waals surface area contributed by atoms with E-state index in [0.717, 1.165) is 11.3 Å². The molecular formula is C22H24N4O2. The number of nitrogens with one attached hydrogen (secondary N) is 2. The molecule has 0 unspecified atom stereocenters. The number of ether oxygens (including phenoxy) is 1. The van der Waals surface area contributed by atoms with Gasteiger partial charge in [0.1, 0.15) is 23.1 Å². The molecule has 0 fully saturated rings. The Morgan fingerprint density at radius 2 is 1.75 bits per heavy atom. The Morgan fingerprint density at radius 1 is 1.00 bits per heavy atom. The Morgan fingerprint density at radius 3 is 2.46 bits per heavy atom. The van der Waals surface area contributed by atoms with E-state index in [4.69, 9.17) is 4.74 Å². The minimum Gasteiger partial charge on any atom is -0.497 e. The number of benzene rings is 2. The summed E-state index contributed by atoms with van der Waals surface area (Å²) in [6.45, 7) is 4.90. The SMILES string of the molecule is COc1ccc(CNC(=O)c2cc(NCc3ccccc3C)nc(C)n2)cc1. The van der Waals surface area contributed by atoms with Gasteiger partial charge in [0.2, 0.25) is 0 Å². The highest BCUT2D eigenvalue weighted by molar-refractivity contribution is 5.92. The van der Waals surface area contributed by atoms with Crippen LogP contribution < -0.4 is 15.4 Å². The first-order valence-corrected chi connectivity index (χ1v) is 9.10. The number of hydrogen-bond acceptors (Lipinski definition) is 5. The predicted molar refractivity (Wildman–Crippen MR) is 109 cm³/mol. The van der Waals surface area contributed by atoms with E-state index >= 15 is 0 Å². The molecular weight excluding hydrogens is 352 g/mol. The van der Waals surface area contributed by atoms with E-state index in [1.807, 2.05) is 36.4 Å². The molecule has 0 bridgehead atoms. The Hall–Kier alpha value is -3.41. The van der Waals surface area contributed by atoms with Crippen molar-refractivity contribution in [1.82, 2.24) is 15.3 Å². The molecule has 1 aromatic heterocycles. The van der Waals surface area contributed by atoms with Crippen LogP contribution in [0.1, 0.15) is 33.0 Å². The number of nitrogens with zero attached hydrogens (tertiary/aromatic N) is 2. The van der Waals surface area contributed by atoms with Gasteiger partial charge < -0.3 is 15.4 Å². The highest BCUT2D eigenvalue weighted by atomic mass is 16.5. The van der Waals surface area contributed by atoms with Crippen molar-refractivity contribution < 1.29 is 9.53 Å². The molecule has 0 spiro atoms. The second-order valence-corrected chi connectivity index (χ2v) is 6.50. The lowest BCUT2D eigenvalue weighted by Crippen LogP contribution is -2.24. The van der Waals surface area contributed by atoms with Gasteiger partial charge >= 0.3 is 0 Å². The van der Waals surface area contributed by atoms with Crippen LogP contribution in [-0.4, -0.2) is 23.0 Å². The summed E-state index contributed by atoms with van der Waals surface area (Å²) in [5.41, 5.74) is 3.72. The van der Waals surface area contributed by atoms with Gasteiger partial charge in [-0.15, -0.1) is 0 Å². The minimum absolute atomic E-state index is 0.236. The number of carbonyl (C=O) groups excluding carboxylic acids is 1. The van der Waals surface area contributed by atoms with Gasteiger partial charge in [-0.25, -0.2) is 9.97 Å². The van der Waals surface area contributed by atoms with Gasteiger partial charge in [-0.3, -0.25) is 4.79 Å². The van der Waals surface area contributed by atoms with Crippen molar-refractivity contribution in [3.63, 3.8) is 0 Å². The summed E-state index contributed by atoms with van der Waals surface area (Å²) in [6.07, 6.45) is 0. The quantitative estimate of drug-likeness (QED) is 0.658. The fourth-order valence-electron chi connectivity index (χ4n) is 2.79. The molecule has 0 aliphatic carbocycles. The monoisotopic (exact) mass is 376 g/mol. The number of amides is 1. The molecule has 0 saturated carbocycles. The molecule has 0 aliphatic heterocycles. The highest BCUT2D eigenvalue weighted by Gasteiger charge is 2.11. The average molecular weight is 376 g/mol. The van der Waals surface area contributed by atoms with E-state index in [-0.39, 0.29) is 5.91 Å². The van der Waals surface area contributed by atoms with E-state index in [1.54, 1.807) is 20.1 Å². The molecule has 3 rings (SSSR count). The van der Waals surface area contributed by atoms with Crippen LogP contribution in [-0.2, 0) is 13.1 Å². The van der Waals surface area contributed by atoms with Crippen molar-refractivity contribution in [2.24, 2.45) is 0 Å². The van der Waals surface area contributed by atoms with Gasteiger partial charge in [0.15, 0.2) is 0 Å². The minimum atomic E-state index is -0.236. The number of methoxy groups -OCH3 is 1. The molecule has 1 heterocycles. The highest BCUT2D eigenvalue weighted by Crippen LogP contribution is 2.13. The third kappa shape index (κ3) is 5.07. The molecule has 0 aliphatic rings. The van der Waals surface area contributed by atoms with E-state index in [1.165, 1.54) is 11.1 Å². The molecule has 2 aromatic carbocycles. The number of aromatic nitrogens is 2. The molecule has 0 saturated heterocycles. The fourth-order valence-corrected chi connectivity index (χ4v) is 2.79. The molecule has 3 aromatic rings. The number of aryl methyl sites for hydroxylation is 2. The van der Waals surface area contributed by atoms with Gasteiger partial charge in [0.25, 0.3) is 5.91 Å². The summed E-state index contributed by atoms with van der Waals surface area (Å²) in [6, 6.07) is 17.4. The summed E-state index contributed by atoms with van der Waals surface area (Å²) in [5.74, 6) is 1.72. The molecule has 6 heteroatoms. The van der Waals surface area contributed by atoms with Crippen molar-refractivity contribution in [3.8, 4) is 5.75 Å². The zero-order valence-corrected chi connectivity index (χ0v) is 16.3. The Labute approximate surface area is 165 Å². The predicted octanol–water partition coefficient (Wildman–Crippen LogP) is 3.64. The molecule has 1 amide bonds. The summed E-state index contributed by atoms with van der Waals surface area (Å²) < 4.78 is 5.14. The smallest absolute Gasteiger partial charge is 0.270 e. The zero-order chi connectivity index (χ0) is 19.9. The lowest BCUT2D eigenvalue weighted by atomic mass is 10.1. The van der Waals surface area contributed by atoms with Gasteiger partial charge in [-0.05, 0) is 42.7 Å². The summed E-state index contributed by atoms with van der Waals surface area (Å²) in [4.78, 5) is 21.2. The number of hydrogen-bond donors (Lipinski definition) is 2. The van der Waals surface area contributed by atoms with Crippen LogP contribution in [0.5, 0.6) is 5.75 Å². The number of carbonyl (C=O) groups is 1. The van der Waals surface area contributed by atoms with Crippen LogP contribution in [0.4, 0.5) is 5.82 Å². The van der Waals surface area contributed by atoms with E-state index in [0.29, 0.717) is 30.4 Å². The number of anilines is 1. The molecule has 6 nitrogen and oxygen atoms in total. The van der Waals surface area contributed by atoms with Crippen LogP contribution in [0.25, 0.3) is 0 Å². The van der Waals surface area contributed by atoms with Gasteiger partial charge in [-0.2, -0.15) is 0 Å². The van der Waals surface area contributed by atoms with Crippen molar-refractivity contribution >= 4 is 11.7 Å². The molecule has 0 atom stereocenters. The molecule has 144 valence electrons. The second-order valence-electron chi connectivity index (χ2n) is 6.50. The largest absolute Gasteiger partial charge is 0.497 e. The van der Waals surface area contributed by atoms with Crippen LogP contribution in [0, 0.1) is 13.8 Å². The maximum absolute atomic E-state index is 12.5. The van der Waals surface area contributed by atoms with Gasteiger partial charge in [0.05, 0.1) is 7.11 Å². The Kier molecular flexibility index (Phi) is 6.22. The zero-order valence-electron chi connectivity index (χ0n) is 16.3. The third-order valence-corrected chi connectivity index (χ3v) is 4.40. The van der Waals surface area contributed by atoms with E-state index in [2.05, 4.69) is 39.7 Å². The summed E-state index contributed by atoms with van der Waals surface area (Å²) >= 11 is 0. The topological polar surface area (TPSA) is 76.1 Å². The van der Waals surface area contributed by atoms with E-state index < -0.39 is 0 Å². The van der Waals surface area contributed by atoms with Gasteiger partial charge in [0, 0.05) is 19.2 Å². The fraction of sp³-hybridized carbons (Fsp3) is 0.227. The average Bonchev–Trinajstić information content (AvgIpc) is 2.71.